The van der Waals surface area contributed by atoms with E-state index in [0.717, 1.165) is 11.4 Å². The molecule has 0 aliphatic rings. The van der Waals surface area contributed by atoms with Crippen molar-refractivity contribution in [2.24, 2.45) is 12.9 Å². The highest BCUT2D eigenvalue weighted by molar-refractivity contribution is 5.22. The second-order valence-electron chi connectivity index (χ2n) is 4.35. The molecule has 4 nitrogen and oxygen atoms in total. The van der Waals surface area contributed by atoms with Crippen molar-refractivity contribution in [2.75, 3.05) is 0 Å². The van der Waals surface area contributed by atoms with Gasteiger partial charge in [-0.3, -0.25) is 16.0 Å². The van der Waals surface area contributed by atoms with Gasteiger partial charge in [-0.15, -0.1) is 0 Å². The van der Waals surface area contributed by atoms with Gasteiger partial charge < -0.3 is 0 Å². The first-order valence-corrected chi connectivity index (χ1v) is 5.82. The fourth-order valence-electron chi connectivity index (χ4n) is 2.09. The highest BCUT2D eigenvalue weighted by Crippen LogP contribution is 2.19. The van der Waals surface area contributed by atoms with E-state index in [1.165, 1.54) is 6.07 Å². The molecule has 0 bridgehead atoms. The maximum absolute atomic E-state index is 13.6. The van der Waals surface area contributed by atoms with E-state index in [9.17, 15) is 4.39 Å². The standard InChI is InChI=1S/C13H17FN4/c1-9-7-13(18(2)17-9)12(16-15)8-10-5-3-4-6-11(10)14/h3-7,12,16H,8,15H2,1-2H3. The number of aromatic nitrogens is 2. The van der Waals surface area contributed by atoms with E-state index < -0.39 is 0 Å². The Bertz CT molecular complexity index is 536. The quantitative estimate of drug-likeness (QED) is 0.638. The van der Waals surface area contributed by atoms with Crippen LogP contribution in [-0.4, -0.2) is 9.78 Å². The maximum Gasteiger partial charge on any atom is 0.126 e. The van der Waals surface area contributed by atoms with Crippen molar-refractivity contribution in [1.29, 1.82) is 0 Å². The SMILES string of the molecule is Cc1cc(C(Cc2ccccc2F)NN)n(C)n1. The number of nitrogens with zero attached hydrogens (tertiary/aromatic N) is 2. The number of benzene rings is 1. The van der Waals surface area contributed by atoms with Gasteiger partial charge in [0.1, 0.15) is 5.82 Å². The van der Waals surface area contributed by atoms with Crippen molar-refractivity contribution >= 4 is 0 Å². The van der Waals surface area contributed by atoms with Crippen molar-refractivity contribution < 1.29 is 4.39 Å². The summed E-state index contributed by atoms with van der Waals surface area (Å²) in [6.45, 7) is 1.92. The smallest absolute Gasteiger partial charge is 0.126 e. The van der Waals surface area contributed by atoms with Crippen LogP contribution in [0.4, 0.5) is 4.39 Å². The molecule has 0 aliphatic heterocycles. The van der Waals surface area contributed by atoms with Crippen LogP contribution in [0, 0.1) is 12.7 Å². The largest absolute Gasteiger partial charge is 0.271 e. The molecule has 1 unspecified atom stereocenters. The Hall–Kier alpha value is -1.72. The summed E-state index contributed by atoms with van der Waals surface area (Å²) in [5.41, 5.74) is 5.22. The van der Waals surface area contributed by atoms with E-state index in [1.54, 1.807) is 16.8 Å². The zero-order chi connectivity index (χ0) is 13.1. The third-order valence-electron chi connectivity index (χ3n) is 2.98. The van der Waals surface area contributed by atoms with Crippen LogP contribution < -0.4 is 11.3 Å². The molecule has 0 fully saturated rings. The van der Waals surface area contributed by atoms with Crippen molar-refractivity contribution in [3.8, 4) is 0 Å². The summed E-state index contributed by atoms with van der Waals surface area (Å²) >= 11 is 0. The van der Waals surface area contributed by atoms with Crippen LogP contribution in [0.1, 0.15) is 23.0 Å². The Morgan fingerprint density at radius 2 is 2.17 bits per heavy atom. The van der Waals surface area contributed by atoms with Gasteiger partial charge in [0.2, 0.25) is 0 Å². The summed E-state index contributed by atoms with van der Waals surface area (Å²) in [5.74, 6) is 5.36. The normalized spacial score (nSPS) is 12.7. The predicted octanol–water partition coefficient (Wildman–Crippen LogP) is 1.61. The van der Waals surface area contributed by atoms with E-state index in [-0.39, 0.29) is 11.9 Å². The number of rotatable bonds is 4. The number of hydrogen-bond donors (Lipinski definition) is 2. The van der Waals surface area contributed by atoms with Crippen LogP contribution in [-0.2, 0) is 13.5 Å². The van der Waals surface area contributed by atoms with E-state index in [2.05, 4.69) is 10.5 Å². The fraction of sp³-hybridized carbons (Fsp3) is 0.308. The molecule has 0 saturated heterocycles. The minimum absolute atomic E-state index is 0.159. The number of aryl methyl sites for hydroxylation is 2. The molecule has 1 atom stereocenters. The molecule has 2 rings (SSSR count). The van der Waals surface area contributed by atoms with Gasteiger partial charge >= 0.3 is 0 Å². The van der Waals surface area contributed by atoms with Gasteiger partial charge in [0, 0.05) is 7.05 Å². The molecular formula is C13H17FN4. The molecule has 0 amide bonds. The zero-order valence-corrected chi connectivity index (χ0v) is 10.5. The number of halogens is 1. The van der Waals surface area contributed by atoms with Crippen molar-refractivity contribution in [3.63, 3.8) is 0 Å². The summed E-state index contributed by atoms with van der Waals surface area (Å²) in [6, 6.07) is 8.51. The molecule has 0 spiro atoms. The minimum Gasteiger partial charge on any atom is -0.271 e. The monoisotopic (exact) mass is 248 g/mol. The molecular weight excluding hydrogens is 231 g/mol. The van der Waals surface area contributed by atoms with Crippen LogP contribution in [0.5, 0.6) is 0 Å². The third kappa shape index (κ3) is 2.57. The van der Waals surface area contributed by atoms with E-state index in [4.69, 9.17) is 5.84 Å². The summed E-state index contributed by atoms with van der Waals surface area (Å²) in [6.07, 6.45) is 0.488. The van der Waals surface area contributed by atoms with Crippen LogP contribution in [0.2, 0.25) is 0 Å². The van der Waals surface area contributed by atoms with Crippen molar-refractivity contribution in [3.05, 3.63) is 53.1 Å². The topological polar surface area (TPSA) is 55.9 Å². The summed E-state index contributed by atoms with van der Waals surface area (Å²) in [7, 11) is 1.86. The summed E-state index contributed by atoms with van der Waals surface area (Å²) < 4.78 is 15.4. The molecule has 5 heteroatoms. The average Bonchev–Trinajstić information content (AvgIpc) is 2.67. The van der Waals surface area contributed by atoms with Crippen molar-refractivity contribution in [1.82, 2.24) is 15.2 Å². The number of nitrogens with two attached hydrogens (primary N) is 1. The second-order valence-corrected chi connectivity index (χ2v) is 4.35. The Labute approximate surface area is 106 Å². The molecule has 3 N–H and O–H groups in total. The fourth-order valence-corrected chi connectivity index (χ4v) is 2.09. The zero-order valence-electron chi connectivity index (χ0n) is 10.5. The molecule has 96 valence electrons. The van der Waals surface area contributed by atoms with E-state index in [0.29, 0.717) is 12.0 Å². The maximum atomic E-state index is 13.6. The van der Waals surface area contributed by atoms with Gasteiger partial charge in [0.05, 0.1) is 17.4 Å². The van der Waals surface area contributed by atoms with Gasteiger partial charge in [-0.1, -0.05) is 18.2 Å². The molecule has 0 radical (unpaired) electrons. The number of hydrazine groups is 1. The van der Waals surface area contributed by atoms with Crippen molar-refractivity contribution in [2.45, 2.75) is 19.4 Å². The summed E-state index contributed by atoms with van der Waals surface area (Å²) in [5, 5.41) is 4.27. The Balaban J connectivity index is 2.25. The van der Waals surface area contributed by atoms with E-state index in [1.807, 2.05) is 26.1 Å². The first kappa shape index (κ1) is 12.7. The predicted molar refractivity (Wildman–Crippen MR) is 68.1 cm³/mol. The lowest BCUT2D eigenvalue weighted by Crippen LogP contribution is -2.31. The highest BCUT2D eigenvalue weighted by Gasteiger charge is 2.16. The first-order chi connectivity index (χ1) is 8.61. The van der Waals surface area contributed by atoms with Gasteiger partial charge in [-0.05, 0) is 31.0 Å². The third-order valence-corrected chi connectivity index (χ3v) is 2.98. The molecule has 1 heterocycles. The molecule has 2 aromatic rings. The lowest BCUT2D eigenvalue weighted by atomic mass is 10.0. The highest BCUT2D eigenvalue weighted by atomic mass is 19.1. The Morgan fingerprint density at radius 3 is 2.72 bits per heavy atom. The van der Waals surface area contributed by atoms with Gasteiger partial charge in [-0.2, -0.15) is 5.10 Å². The van der Waals surface area contributed by atoms with Crippen LogP contribution >= 0.6 is 0 Å². The first-order valence-electron chi connectivity index (χ1n) is 5.82. The molecule has 0 saturated carbocycles. The molecule has 18 heavy (non-hydrogen) atoms. The number of nitrogens with one attached hydrogen (secondary N) is 1. The average molecular weight is 248 g/mol. The van der Waals surface area contributed by atoms with Crippen LogP contribution in [0.25, 0.3) is 0 Å². The molecule has 1 aromatic heterocycles. The Kier molecular flexibility index (Phi) is 3.74. The summed E-state index contributed by atoms with van der Waals surface area (Å²) in [4.78, 5) is 0. The van der Waals surface area contributed by atoms with Gasteiger partial charge in [0.15, 0.2) is 0 Å². The molecule has 1 aromatic carbocycles. The second kappa shape index (κ2) is 5.29. The van der Waals surface area contributed by atoms with E-state index >= 15 is 0 Å². The lowest BCUT2D eigenvalue weighted by molar-refractivity contribution is 0.495. The minimum atomic E-state index is -0.211. The molecule has 0 aliphatic carbocycles. The lowest BCUT2D eigenvalue weighted by Gasteiger charge is -2.16. The van der Waals surface area contributed by atoms with Gasteiger partial charge in [0.25, 0.3) is 0 Å². The Morgan fingerprint density at radius 1 is 1.44 bits per heavy atom. The van der Waals surface area contributed by atoms with Crippen LogP contribution in [0.3, 0.4) is 0 Å². The van der Waals surface area contributed by atoms with Crippen LogP contribution in [0.15, 0.2) is 30.3 Å². The number of hydrogen-bond acceptors (Lipinski definition) is 3. The van der Waals surface area contributed by atoms with Gasteiger partial charge in [-0.25, -0.2) is 4.39 Å².